The monoisotopic (exact) mass is 350 g/mol. The predicted octanol–water partition coefficient (Wildman–Crippen LogP) is 2.15. The van der Waals surface area contributed by atoms with Crippen LogP contribution in [0.25, 0.3) is 5.69 Å². The molecule has 0 amide bonds. The maximum Gasteiger partial charge on any atom is 0.0945 e. The topological polar surface area (TPSA) is 64.9 Å². The number of imidazole rings is 1. The lowest BCUT2D eigenvalue weighted by Gasteiger charge is -2.16. The van der Waals surface area contributed by atoms with Gasteiger partial charge in [0.2, 0.25) is 0 Å². The molecule has 3 heterocycles. The standard InChI is InChI=1S/C20H26N6/c1-14-8-15(2)26(23-14)17-6-4-16(5-7-17)10-25-11-18(19(21)12-25)20-9-22-13-24(20)3/h4-9,13,18-19H,10-12,21H2,1-3H3/t18-,19-/m1/s1. The summed E-state index contributed by atoms with van der Waals surface area (Å²) < 4.78 is 4.07. The lowest BCUT2D eigenvalue weighted by Crippen LogP contribution is -2.29. The number of nitrogens with zero attached hydrogens (tertiary/aromatic N) is 5. The van der Waals surface area contributed by atoms with Gasteiger partial charge in [0, 0.05) is 56.2 Å². The number of benzene rings is 1. The summed E-state index contributed by atoms with van der Waals surface area (Å²) in [6.07, 6.45) is 3.79. The third-order valence-corrected chi connectivity index (χ3v) is 5.27. The van der Waals surface area contributed by atoms with Gasteiger partial charge in [0.05, 0.1) is 17.7 Å². The molecular formula is C20H26N6. The third kappa shape index (κ3) is 3.18. The van der Waals surface area contributed by atoms with E-state index in [0.717, 1.165) is 36.7 Å². The normalized spacial score (nSPS) is 20.8. The summed E-state index contributed by atoms with van der Waals surface area (Å²) in [5.74, 6) is 0.344. The van der Waals surface area contributed by atoms with E-state index >= 15 is 0 Å². The number of rotatable bonds is 4. The molecular weight excluding hydrogens is 324 g/mol. The van der Waals surface area contributed by atoms with Gasteiger partial charge in [0.25, 0.3) is 0 Å². The van der Waals surface area contributed by atoms with Crippen LogP contribution in [0.1, 0.15) is 28.6 Å². The zero-order valence-corrected chi connectivity index (χ0v) is 15.6. The van der Waals surface area contributed by atoms with Crippen molar-refractivity contribution in [3.63, 3.8) is 0 Å². The Kier molecular flexibility index (Phi) is 4.38. The van der Waals surface area contributed by atoms with E-state index in [1.807, 2.05) is 31.2 Å². The van der Waals surface area contributed by atoms with Crippen molar-refractivity contribution < 1.29 is 0 Å². The Balaban J connectivity index is 1.45. The predicted molar refractivity (Wildman–Crippen MR) is 102 cm³/mol. The molecule has 6 nitrogen and oxygen atoms in total. The summed E-state index contributed by atoms with van der Waals surface area (Å²) in [7, 11) is 2.04. The molecule has 1 aliphatic heterocycles. The van der Waals surface area contributed by atoms with E-state index in [4.69, 9.17) is 5.73 Å². The van der Waals surface area contributed by atoms with E-state index in [2.05, 4.69) is 56.8 Å². The van der Waals surface area contributed by atoms with Gasteiger partial charge >= 0.3 is 0 Å². The first kappa shape index (κ1) is 17.0. The summed E-state index contributed by atoms with van der Waals surface area (Å²) >= 11 is 0. The molecule has 0 radical (unpaired) electrons. The molecule has 4 rings (SSSR count). The van der Waals surface area contributed by atoms with Gasteiger partial charge in [-0.2, -0.15) is 5.10 Å². The van der Waals surface area contributed by atoms with Crippen LogP contribution in [0.4, 0.5) is 0 Å². The lowest BCUT2D eigenvalue weighted by molar-refractivity contribution is 0.323. The SMILES string of the molecule is Cc1cc(C)n(-c2ccc(CN3C[C@@H](N)[C@H](c4cncn4C)C3)cc2)n1. The maximum atomic E-state index is 6.41. The Morgan fingerprint density at radius 2 is 1.92 bits per heavy atom. The van der Waals surface area contributed by atoms with Crippen LogP contribution >= 0.6 is 0 Å². The fraction of sp³-hybridized carbons (Fsp3) is 0.400. The van der Waals surface area contributed by atoms with Crippen LogP contribution < -0.4 is 5.73 Å². The fourth-order valence-electron chi connectivity index (χ4n) is 3.97. The van der Waals surface area contributed by atoms with Crippen molar-refractivity contribution in [2.45, 2.75) is 32.4 Å². The van der Waals surface area contributed by atoms with Gasteiger partial charge in [-0.1, -0.05) is 12.1 Å². The molecule has 0 saturated carbocycles. The Morgan fingerprint density at radius 1 is 1.15 bits per heavy atom. The summed E-state index contributed by atoms with van der Waals surface area (Å²) in [4.78, 5) is 6.67. The van der Waals surface area contributed by atoms with Gasteiger partial charge in [-0.25, -0.2) is 9.67 Å². The van der Waals surface area contributed by atoms with E-state index in [9.17, 15) is 0 Å². The second kappa shape index (κ2) is 6.70. The van der Waals surface area contributed by atoms with Crippen molar-refractivity contribution in [1.82, 2.24) is 24.2 Å². The Labute approximate surface area is 154 Å². The van der Waals surface area contributed by atoms with Crippen LogP contribution in [0.3, 0.4) is 0 Å². The number of nitrogens with two attached hydrogens (primary N) is 1. The summed E-state index contributed by atoms with van der Waals surface area (Å²) in [6, 6.07) is 10.9. The number of aryl methyl sites for hydroxylation is 3. The molecule has 0 unspecified atom stereocenters. The molecule has 2 N–H and O–H groups in total. The van der Waals surface area contributed by atoms with E-state index in [1.54, 1.807) is 0 Å². The van der Waals surface area contributed by atoms with Gasteiger partial charge < -0.3 is 10.3 Å². The van der Waals surface area contributed by atoms with Crippen molar-refractivity contribution >= 4 is 0 Å². The fourth-order valence-corrected chi connectivity index (χ4v) is 3.97. The molecule has 136 valence electrons. The molecule has 0 bridgehead atoms. The average Bonchev–Trinajstić information content (AvgIpc) is 3.27. The Hall–Kier alpha value is -2.44. The quantitative estimate of drug-likeness (QED) is 0.783. The summed E-state index contributed by atoms with van der Waals surface area (Å²) in [5, 5.41) is 4.55. The van der Waals surface area contributed by atoms with Crippen LogP contribution in [0, 0.1) is 13.8 Å². The van der Waals surface area contributed by atoms with Gasteiger partial charge in [-0.15, -0.1) is 0 Å². The molecule has 3 aromatic rings. The Bertz CT molecular complexity index is 891. The first-order valence-electron chi connectivity index (χ1n) is 9.08. The van der Waals surface area contributed by atoms with Gasteiger partial charge in [-0.05, 0) is 37.6 Å². The van der Waals surface area contributed by atoms with E-state index in [0.29, 0.717) is 5.92 Å². The first-order valence-corrected chi connectivity index (χ1v) is 9.08. The maximum absolute atomic E-state index is 6.41. The van der Waals surface area contributed by atoms with Crippen LogP contribution in [0.5, 0.6) is 0 Å². The van der Waals surface area contributed by atoms with Crippen molar-refractivity contribution in [2.75, 3.05) is 13.1 Å². The molecule has 6 heteroatoms. The molecule has 1 saturated heterocycles. The summed E-state index contributed by atoms with van der Waals surface area (Å²) in [5.41, 5.74) is 12.2. The van der Waals surface area contributed by atoms with Crippen LogP contribution in [0.2, 0.25) is 0 Å². The van der Waals surface area contributed by atoms with Crippen molar-refractivity contribution in [1.29, 1.82) is 0 Å². The first-order chi connectivity index (χ1) is 12.5. The highest BCUT2D eigenvalue weighted by Crippen LogP contribution is 2.27. The van der Waals surface area contributed by atoms with Crippen LogP contribution in [0.15, 0.2) is 42.9 Å². The highest BCUT2D eigenvalue weighted by Gasteiger charge is 2.32. The highest BCUT2D eigenvalue weighted by atomic mass is 15.3. The zero-order chi connectivity index (χ0) is 18.3. The minimum absolute atomic E-state index is 0.152. The number of likely N-dealkylation sites (tertiary alicyclic amines) is 1. The minimum Gasteiger partial charge on any atom is -0.337 e. The second-order valence-electron chi connectivity index (χ2n) is 7.40. The van der Waals surface area contributed by atoms with Crippen molar-refractivity contribution in [3.8, 4) is 5.69 Å². The van der Waals surface area contributed by atoms with Crippen molar-refractivity contribution in [3.05, 3.63) is 65.5 Å². The Morgan fingerprint density at radius 3 is 2.54 bits per heavy atom. The van der Waals surface area contributed by atoms with Gasteiger partial charge in [0.15, 0.2) is 0 Å². The smallest absolute Gasteiger partial charge is 0.0945 e. The highest BCUT2D eigenvalue weighted by molar-refractivity contribution is 5.36. The second-order valence-corrected chi connectivity index (χ2v) is 7.40. The van der Waals surface area contributed by atoms with E-state index in [-0.39, 0.29) is 6.04 Å². The molecule has 26 heavy (non-hydrogen) atoms. The largest absolute Gasteiger partial charge is 0.337 e. The van der Waals surface area contributed by atoms with E-state index in [1.165, 1.54) is 11.3 Å². The molecule has 2 atom stereocenters. The van der Waals surface area contributed by atoms with Crippen LogP contribution in [-0.4, -0.2) is 43.4 Å². The lowest BCUT2D eigenvalue weighted by atomic mass is 10.0. The zero-order valence-electron chi connectivity index (χ0n) is 15.6. The molecule has 2 aromatic heterocycles. The molecule has 0 spiro atoms. The molecule has 0 aliphatic carbocycles. The van der Waals surface area contributed by atoms with Crippen LogP contribution in [-0.2, 0) is 13.6 Å². The molecule has 1 aliphatic rings. The summed E-state index contributed by atoms with van der Waals surface area (Å²) in [6.45, 7) is 6.90. The minimum atomic E-state index is 0.152. The van der Waals surface area contributed by atoms with Gasteiger partial charge in [-0.3, -0.25) is 4.90 Å². The number of hydrogen-bond donors (Lipinski definition) is 1. The number of aromatic nitrogens is 4. The number of hydrogen-bond acceptors (Lipinski definition) is 4. The molecule has 1 fully saturated rings. The third-order valence-electron chi connectivity index (χ3n) is 5.27. The van der Waals surface area contributed by atoms with Gasteiger partial charge in [0.1, 0.15) is 0 Å². The average molecular weight is 350 g/mol. The molecule has 1 aromatic carbocycles. The van der Waals surface area contributed by atoms with Crippen molar-refractivity contribution in [2.24, 2.45) is 12.8 Å². The van der Waals surface area contributed by atoms with E-state index < -0.39 is 0 Å².